The van der Waals surface area contributed by atoms with Gasteiger partial charge in [-0.2, -0.15) is 5.26 Å². The van der Waals surface area contributed by atoms with E-state index >= 15 is 0 Å². The largest absolute Gasteiger partial charge is 0.463 e. The predicted molar refractivity (Wildman–Crippen MR) is 103 cm³/mol. The zero-order chi connectivity index (χ0) is 19.3. The lowest BCUT2D eigenvalue weighted by Gasteiger charge is -2.31. The minimum atomic E-state index is -0.873. The Hall–Kier alpha value is -3.33. The van der Waals surface area contributed by atoms with Crippen molar-refractivity contribution >= 4 is 21.8 Å². The number of aromatic nitrogens is 2. The summed E-state index contributed by atoms with van der Waals surface area (Å²) in [5.74, 6) is 0.480. The molecular formula is C22H18FN3O2. The summed E-state index contributed by atoms with van der Waals surface area (Å²) < 4.78 is 25.0. The average Bonchev–Trinajstić information content (AvgIpc) is 3.30. The van der Waals surface area contributed by atoms with Crippen molar-refractivity contribution < 1.29 is 13.7 Å². The van der Waals surface area contributed by atoms with Crippen LogP contribution in [-0.2, 0) is 25.3 Å². The molecule has 0 spiro atoms. The molecule has 0 N–H and O–H groups in total. The second kappa shape index (κ2) is 6.10. The summed E-state index contributed by atoms with van der Waals surface area (Å²) in [6.45, 7) is -0.873. The molecule has 0 radical (unpaired) electrons. The van der Waals surface area contributed by atoms with E-state index in [1.165, 1.54) is 0 Å². The number of halogens is 1. The van der Waals surface area contributed by atoms with Crippen LogP contribution in [0.25, 0.3) is 21.8 Å². The molecule has 0 saturated heterocycles. The first kappa shape index (κ1) is 16.8. The summed E-state index contributed by atoms with van der Waals surface area (Å²) in [6, 6.07) is 14.2. The molecule has 1 atom stereocenters. The van der Waals surface area contributed by atoms with E-state index in [-0.39, 0.29) is 0 Å². The maximum Gasteiger partial charge on any atom is 0.228 e. The van der Waals surface area contributed by atoms with E-state index < -0.39 is 12.3 Å². The van der Waals surface area contributed by atoms with Crippen molar-refractivity contribution in [3.05, 3.63) is 59.5 Å². The first-order valence-electron chi connectivity index (χ1n) is 9.20. The van der Waals surface area contributed by atoms with Crippen molar-refractivity contribution in [2.45, 2.75) is 24.7 Å². The van der Waals surface area contributed by atoms with Crippen LogP contribution in [0.4, 0.5) is 4.39 Å². The molecule has 0 fully saturated rings. The third kappa shape index (κ3) is 2.26. The molecule has 0 aliphatic heterocycles. The smallest absolute Gasteiger partial charge is 0.228 e. The zero-order valence-corrected chi connectivity index (χ0v) is 15.4. The Morgan fingerprint density at radius 1 is 1.32 bits per heavy atom. The predicted octanol–water partition coefficient (Wildman–Crippen LogP) is 4.58. The fourth-order valence-corrected chi connectivity index (χ4v) is 4.55. The molecule has 2 aromatic heterocycles. The lowest BCUT2D eigenvalue weighted by molar-refractivity contribution is 0.192. The van der Waals surface area contributed by atoms with E-state index in [0.29, 0.717) is 25.0 Å². The van der Waals surface area contributed by atoms with Crippen molar-refractivity contribution in [3.8, 4) is 11.8 Å². The minimum Gasteiger partial charge on any atom is -0.463 e. The van der Waals surface area contributed by atoms with Gasteiger partial charge in [0.15, 0.2) is 0 Å². The molecule has 4 aromatic rings. The summed E-state index contributed by atoms with van der Waals surface area (Å²) in [4.78, 5) is 0. The normalized spacial score (nSPS) is 18.9. The fraction of sp³-hybridized carbons (Fsp3) is 0.273. The zero-order valence-electron chi connectivity index (χ0n) is 15.4. The van der Waals surface area contributed by atoms with Gasteiger partial charge in [-0.25, -0.2) is 4.39 Å². The molecule has 1 unspecified atom stereocenters. The van der Waals surface area contributed by atoms with Gasteiger partial charge >= 0.3 is 0 Å². The van der Waals surface area contributed by atoms with Gasteiger partial charge in [0.1, 0.15) is 12.0 Å². The molecule has 0 bridgehead atoms. The molecule has 5 rings (SSSR count). The quantitative estimate of drug-likeness (QED) is 0.526. The molecule has 0 amide bonds. The lowest BCUT2D eigenvalue weighted by Crippen LogP contribution is -2.31. The lowest BCUT2D eigenvalue weighted by atomic mass is 9.69. The molecule has 0 saturated carbocycles. The summed E-state index contributed by atoms with van der Waals surface area (Å²) in [5, 5.41) is 16.3. The number of aryl methyl sites for hydroxylation is 2. The van der Waals surface area contributed by atoms with Gasteiger partial charge in [0, 0.05) is 40.8 Å². The maximum atomic E-state index is 12.7. The Labute approximate surface area is 160 Å². The number of rotatable bonds is 3. The molecule has 140 valence electrons. The van der Waals surface area contributed by atoms with Crippen LogP contribution in [-0.4, -0.2) is 16.6 Å². The van der Waals surface area contributed by atoms with Crippen LogP contribution in [0.15, 0.2) is 47.2 Å². The maximum absolute atomic E-state index is 12.7. The number of hydrogen-bond acceptors (Lipinski definition) is 4. The minimum absolute atomic E-state index is 0.480. The number of hydrogen-bond donors (Lipinski definition) is 0. The van der Waals surface area contributed by atoms with Crippen molar-refractivity contribution in [3.63, 3.8) is 0 Å². The van der Waals surface area contributed by atoms with Crippen LogP contribution in [0.1, 0.15) is 23.2 Å². The first-order valence-corrected chi connectivity index (χ1v) is 9.20. The van der Waals surface area contributed by atoms with E-state index in [1.807, 2.05) is 37.4 Å². The standard InChI is InChI=1S/C22H18FN3O2/c1-26-19-6-5-15(27-13-23)9-16(19)21-17(3-2-4-20(21)26)22(12-24)8-7-18-14(10-22)11-28-25-18/h2-6,9,11H,7-8,10,13H2,1H3. The summed E-state index contributed by atoms with van der Waals surface area (Å²) in [7, 11) is 2.00. The Morgan fingerprint density at radius 3 is 3.04 bits per heavy atom. The SMILES string of the molecule is Cn1c2ccc(OCF)cc2c2c(C3(C#N)CCc4nocc4C3)cccc21. The van der Waals surface area contributed by atoms with Gasteiger partial charge in [-0.05, 0) is 42.7 Å². The number of fused-ring (bicyclic) bond motifs is 4. The molecule has 5 nitrogen and oxygen atoms in total. The van der Waals surface area contributed by atoms with E-state index in [1.54, 1.807) is 12.3 Å². The number of nitrogens with zero attached hydrogens (tertiary/aromatic N) is 3. The highest BCUT2D eigenvalue weighted by Gasteiger charge is 2.39. The molecule has 2 aromatic carbocycles. The number of nitriles is 1. The summed E-state index contributed by atoms with van der Waals surface area (Å²) in [6.07, 6.45) is 3.60. The Balaban J connectivity index is 1.80. The third-order valence-corrected chi connectivity index (χ3v) is 5.96. The van der Waals surface area contributed by atoms with Crippen molar-refractivity contribution in [2.24, 2.45) is 7.05 Å². The van der Waals surface area contributed by atoms with Crippen LogP contribution in [0, 0.1) is 11.3 Å². The van der Waals surface area contributed by atoms with Gasteiger partial charge in [-0.15, -0.1) is 0 Å². The molecular weight excluding hydrogens is 357 g/mol. The van der Waals surface area contributed by atoms with Crippen LogP contribution in [0.2, 0.25) is 0 Å². The molecule has 6 heteroatoms. The Morgan fingerprint density at radius 2 is 2.21 bits per heavy atom. The fourth-order valence-electron chi connectivity index (χ4n) is 4.55. The van der Waals surface area contributed by atoms with Crippen LogP contribution >= 0.6 is 0 Å². The average molecular weight is 375 g/mol. The van der Waals surface area contributed by atoms with Gasteiger partial charge in [0.25, 0.3) is 0 Å². The van der Waals surface area contributed by atoms with Gasteiger partial charge in [0.05, 0.1) is 17.2 Å². The van der Waals surface area contributed by atoms with Gasteiger partial charge in [-0.1, -0.05) is 17.3 Å². The van der Waals surface area contributed by atoms with Crippen LogP contribution in [0.5, 0.6) is 5.75 Å². The number of alkyl halides is 1. The highest BCUT2D eigenvalue weighted by Crippen LogP contribution is 2.44. The monoisotopic (exact) mass is 375 g/mol. The molecule has 1 aliphatic rings. The van der Waals surface area contributed by atoms with Crippen molar-refractivity contribution in [1.82, 2.24) is 9.72 Å². The summed E-state index contributed by atoms with van der Waals surface area (Å²) >= 11 is 0. The van der Waals surface area contributed by atoms with Crippen LogP contribution in [0.3, 0.4) is 0 Å². The Bertz CT molecular complexity index is 1250. The molecule has 1 aliphatic carbocycles. The highest BCUT2D eigenvalue weighted by atomic mass is 19.1. The van der Waals surface area contributed by atoms with Crippen molar-refractivity contribution in [1.29, 1.82) is 5.26 Å². The second-order valence-electron chi connectivity index (χ2n) is 7.35. The van der Waals surface area contributed by atoms with Gasteiger partial charge in [-0.3, -0.25) is 0 Å². The van der Waals surface area contributed by atoms with E-state index in [9.17, 15) is 9.65 Å². The number of ether oxygens (including phenoxy) is 1. The molecule has 28 heavy (non-hydrogen) atoms. The van der Waals surface area contributed by atoms with Crippen molar-refractivity contribution in [2.75, 3.05) is 6.86 Å². The number of benzene rings is 2. The van der Waals surface area contributed by atoms with E-state index in [0.717, 1.165) is 38.6 Å². The van der Waals surface area contributed by atoms with Gasteiger partial charge in [0.2, 0.25) is 6.86 Å². The topological polar surface area (TPSA) is 64.0 Å². The van der Waals surface area contributed by atoms with Crippen LogP contribution < -0.4 is 4.74 Å². The first-order chi connectivity index (χ1) is 13.7. The Kier molecular flexibility index (Phi) is 3.66. The third-order valence-electron chi connectivity index (χ3n) is 5.96. The molecule has 2 heterocycles. The van der Waals surface area contributed by atoms with E-state index in [4.69, 9.17) is 9.26 Å². The second-order valence-corrected chi connectivity index (χ2v) is 7.35. The summed E-state index contributed by atoms with van der Waals surface area (Å²) in [5.41, 5.74) is 4.31. The highest BCUT2D eigenvalue weighted by molar-refractivity contribution is 6.10. The van der Waals surface area contributed by atoms with E-state index in [2.05, 4.69) is 15.8 Å². The van der Waals surface area contributed by atoms with Gasteiger partial charge < -0.3 is 13.8 Å².